The molecule has 0 spiro atoms. The second-order valence-electron chi connectivity index (χ2n) is 7.29. The van der Waals surface area contributed by atoms with E-state index in [1.54, 1.807) is 32.3 Å². The van der Waals surface area contributed by atoms with Crippen LogP contribution in [0.2, 0.25) is 0 Å². The first-order valence-corrected chi connectivity index (χ1v) is 9.46. The molecule has 0 bridgehead atoms. The molecule has 1 saturated carbocycles. The van der Waals surface area contributed by atoms with Crippen molar-refractivity contribution in [1.29, 1.82) is 0 Å². The molecule has 10 heteroatoms. The van der Waals surface area contributed by atoms with E-state index in [0.717, 1.165) is 25.0 Å². The number of hydrogen-bond donors (Lipinski definition) is 1. The highest BCUT2D eigenvalue weighted by Gasteiger charge is 2.34. The molecule has 1 amide bonds. The van der Waals surface area contributed by atoms with Gasteiger partial charge in [0.25, 0.3) is 11.9 Å². The molecule has 0 saturated heterocycles. The van der Waals surface area contributed by atoms with Crippen molar-refractivity contribution < 1.29 is 18.0 Å². The van der Waals surface area contributed by atoms with E-state index in [0.29, 0.717) is 23.2 Å². The van der Waals surface area contributed by atoms with E-state index >= 15 is 0 Å². The van der Waals surface area contributed by atoms with Crippen molar-refractivity contribution in [3.8, 4) is 5.95 Å². The van der Waals surface area contributed by atoms with Crippen molar-refractivity contribution in [1.82, 2.24) is 30.0 Å². The normalized spacial score (nSPS) is 15.1. The van der Waals surface area contributed by atoms with Crippen LogP contribution >= 0.6 is 0 Å². The third-order valence-electron chi connectivity index (χ3n) is 4.86. The van der Waals surface area contributed by atoms with E-state index < -0.39 is 23.7 Å². The smallest absolute Gasteiger partial charge is 0.342 e. The molecule has 1 unspecified atom stereocenters. The van der Waals surface area contributed by atoms with Gasteiger partial charge >= 0.3 is 6.18 Å². The van der Waals surface area contributed by atoms with Crippen molar-refractivity contribution in [3.05, 3.63) is 65.0 Å². The molecule has 4 rings (SSSR count). The summed E-state index contributed by atoms with van der Waals surface area (Å²) in [5.41, 5.74) is -0.299. The van der Waals surface area contributed by atoms with Crippen LogP contribution in [-0.2, 0) is 6.18 Å². The minimum absolute atomic E-state index is 0.0267. The molecule has 2 aromatic heterocycles. The number of aryl methyl sites for hydroxylation is 1. The summed E-state index contributed by atoms with van der Waals surface area (Å²) in [6.45, 7) is 3.38. The van der Waals surface area contributed by atoms with Gasteiger partial charge in [0.15, 0.2) is 5.82 Å². The molecule has 1 aliphatic rings. The van der Waals surface area contributed by atoms with Gasteiger partial charge in [0.2, 0.25) is 0 Å². The van der Waals surface area contributed by atoms with Crippen molar-refractivity contribution in [2.45, 2.75) is 44.8 Å². The summed E-state index contributed by atoms with van der Waals surface area (Å²) in [4.78, 5) is 25.2. The number of aromatic nitrogens is 5. The van der Waals surface area contributed by atoms with E-state index in [1.807, 2.05) is 0 Å². The molecule has 156 valence electrons. The zero-order valence-electron chi connectivity index (χ0n) is 16.3. The maximum Gasteiger partial charge on any atom is 0.416 e. The van der Waals surface area contributed by atoms with Crippen LogP contribution in [0.5, 0.6) is 0 Å². The Bertz CT molecular complexity index is 1080. The van der Waals surface area contributed by atoms with Gasteiger partial charge in [-0.1, -0.05) is 0 Å². The molecule has 0 radical (unpaired) electrons. The van der Waals surface area contributed by atoms with Crippen molar-refractivity contribution >= 4 is 5.91 Å². The number of carbonyl (C=O) groups is 1. The number of hydrogen-bond acceptors (Lipinski definition) is 5. The Hall–Kier alpha value is -3.30. The number of nitrogens with one attached hydrogen (secondary N) is 1. The molecule has 30 heavy (non-hydrogen) atoms. The number of halogens is 3. The summed E-state index contributed by atoms with van der Waals surface area (Å²) < 4.78 is 41.2. The first kappa shape index (κ1) is 20.0. The summed E-state index contributed by atoms with van der Waals surface area (Å²) in [6, 6.07) is 4.59. The number of alkyl halides is 3. The van der Waals surface area contributed by atoms with Crippen LogP contribution in [0.25, 0.3) is 5.95 Å². The highest BCUT2D eigenvalue weighted by Crippen LogP contribution is 2.42. The fraction of sp³-hybridized carbons (Fsp3) is 0.350. The van der Waals surface area contributed by atoms with E-state index in [-0.39, 0.29) is 11.5 Å². The summed E-state index contributed by atoms with van der Waals surface area (Å²) >= 11 is 0. The Morgan fingerprint density at radius 1 is 1.20 bits per heavy atom. The fourth-order valence-electron chi connectivity index (χ4n) is 3.13. The molecule has 3 aromatic rings. The molecule has 1 N–H and O–H groups in total. The average Bonchev–Trinajstić information content (AvgIpc) is 3.49. The monoisotopic (exact) mass is 416 g/mol. The predicted octanol–water partition coefficient (Wildman–Crippen LogP) is 3.75. The number of benzene rings is 1. The van der Waals surface area contributed by atoms with Gasteiger partial charge in [-0.05, 0) is 62.4 Å². The van der Waals surface area contributed by atoms with Crippen molar-refractivity contribution in [2.24, 2.45) is 0 Å². The predicted molar refractivity (Wildman–Crippen MR) is 101 cm³/mol. The first-order chi connectivity index (χ1) is 14.2. The lowest BCUT2D eigenvalue weighted by Crippen LogP contribution is -2.28. The van der Waals surface area contributed by atoms with E-state index in [2.05, 4.69) is 25.4 Å². The van der Waals surface area contributed by atoms with E-state index in [9.17, 15) is 18.0 Å². The van der Waals surface area contributed by atoms with Gasteiger partial charge in [0, 0.05) is 18.0 Å². The minimum Gasteiger partial charge on any atom is -0.342 e. The SMILES string of the molecule is Cc1nc(C(C)NC(=O)c2cc(C3CC3)cc(C(F)(F)F)c2)nn1-c1ncccn1. The second kappa shape index (κ2) is 7.51. The molecule has 1 aliphatic carbocycles. The summed E-state index contributed by atoms with van der Waals surface area (Å²) in [6.07, 6.45) is 0.291. The maximum absolute atomic E-state index is 13.3. The quantitative estimate of drug-likeness (QED) is 0.685. The van der Waals surface area contributed by atoms with Crippen LogP contribution < -0.4 is 5.32 Å². The standard InChI is InChI=1S/C20H19F3N6O/c1-11(17-27-12(2)29(28-17)19-24-6-3-7-25-19)26-18(30)15-8-14(13-4-5-13)9-16(10-15)20(21,22)23/h3,6-11,13H,4-5H2,1-2H3,(H,26,30). The molecule has 1 atom stereocenters. The van der Waals surface area contributed by atoms with Crippen LogP contribution in [0.15, 0.2) is 36.7 Å². The fourth-order valence-corrected chi connectivity index (χ4v) is 3.13. The Balaban J connectivity index is 1.56. The Morgan fingerprint density at radius 2 is 1.90 bits per heavy atom. The van der Waals surface area contributed by atoms with Gasteiger partial charge in [-0.15, -0.1) is 5.10 Å². The molecular weight excluding hydrogens is 397 g/mol. The van der Waals surface area contributed by atoms with Gasteiger partial charge in [-0.3, -0.25) is 4.79 Å². The largest absolute Gasteiger partial charge is 0.416 e. The van der Waals surface area contributed by atoms with Crippen LogP contribution in [-0.4, -0.2) is 30.6 Å². The lowest BCUT2D eigenvalue weighted by Gasteiger charge is -2.14. The number of carbonyl (C=O) groups excluding carboxylic acids is 1. The van der Waals surface area contributed by atoms with Crippen molar-refractivity contribution in [3.63, 3.8) is 0 Å². The van der Waals surface area contributed by atoms with Gasteiger partial charge in [0.1, 0.15) is 5.82 Å². The molecule has 2 heterocycles. The molecule has 0 aliphatic heterocycles. The average molecular weight is 416 g/mol. The van der Waals surface area contributed by atoms with Crippen LogP contribution in [0.3, 0.4) is 0 Å². The molecule has 1 fully saturated rings. The van der Waals surface area contributed by atoms with Gasteiger partial charge in [0.05, 0.1) is 11.6 Å². The van der Waals surface area contributed by atoms with Crippen LogP contribution in [0.1, 0.15) is 64.9 Å². The number of amides is 1. The molecular formula is C20H19F3N6O. The topological polar surface area (TPSA) is 85.6 Å². The van der Waals surface area contributed by atoms with E-state index in [1.165, 1.54) is 10.7 Å². The van der Waals surface area contributed by atoms with Gasteiger partial charge < -0.3 is 5.32 Å². The Morgan fingerprint density at radius 3 is 2.53 bits per heavy atom. The zero-order chi connectivity index (χ0) is 21.5. The highest BCUT2D eigenvalue weighted by molar-refractivity contribution is 5.94. The van der Waals surface area contributed by atoms with Gasteiger partial charge in [-0.25, -0.2) is 15.0 Å². The number of rotatable bonds is 5. The minimum atomic E-state index is -4.52. The summed E-state index contributed by atoms with van der Waals surface area (Å²) in [5, 5.41) is 7.01. The molecule has 7 nitrogen and oxygen atoms in total. The summed E-state index contributed by atoms with van der Waals surface area (Å²) in [7, 11) is 0. The lowest BCUT2D eigenvalue weighted by molar-refractivity contribution is -0.137. The van der Waals surface area contributed by atoms with Crippen LogP contribution in [0.4, 0.5) is 13.2 Å². The maximum atomic E-state index is 13.3. The Kier molecular flexibility index (Phi) is 5.00. The zero-order valence-corrected chi connectivity index (χ0v) is 16.3. The Labute approximate surface area is 170 Å². The van der Waals surface area contributed by atoms with Crippen LogP contribution in [0, 0.1) is 6.92 Å². The molecule has 1 aromatic carbocycles. The first-order valence-electron chi connectivity index (χ1n) is 9.46. The van der Waals surface area contributed by atoms with E-state index in [4.69, 9.17) is 0 Å². The number of nitrogens with zero attached hydrogens (tertiary/aromatic N) is 5. The summed E-state index contributed by atoms with van der Waals surface area (Å²) in [5.74, 6) is 0.636. The second-order valence-corrected chi connectivity index (χ2v) is 7.29. The lowest BCUT2D eigenvalue weighted by atomic mass is 10.0. The third-order valence-corrected chi connectivity index (χ3v) is 4.86. The highest BCUT2D eigenvalue weighted by atomic mass is 19.4. The van der Waals surface area contributed by atoms with Gasteiger partial charge in [-0.2, -0.15) is 17.9 Å². The van der Waals surface area contributed by atoms with Crippen molar-refractivity contribution in [2.75, 3.05) is 0 Å². The third kappa shape index (κ3) is 4.17.